The number of likely N-dealkylation sites (tertiary alicyclic amines) is 1. The molecule has 7 nitrogen and oxygen atoms in total. The van der Waals surface area contributed by atoms with Crippen LogP contribution >= 0.6 is 0 Å². The highest BCUT2D eigenvalue weighted by atomic mass is 19.4. The molecule has 5 rings (SSSR count). The Balaban J connectivity index is 1.35. The molecule has 0 unspecified atom stereocenters. The van der Waals surface area contributed by atoms with Crippen molar-refractivity contribution in [3.63, 3.8) is 0 Å². The second kappa shape index (κ2) is 13.4. The number of halogens is 7. The summed E-state index contributed by atoms with van der Waals surface area (Å²) in [5, 5.41) is 0. The molecule has 3 fully saturated rings. The van der Waals surface area contributed by atoms with Gasteiger partial charge in [0.1, 0.15) is 5.82 Å². The molecule has 252 valence electrons. The molecular weight excluding hydrogens is 621 g/mol. The number of ether oxygens (including phenoxy) is 1. The summed E-state index contributed by atoms with van der Waals surface area (Å²) in [6.45, 7) is 3.44. The Hall–Kier alpha value is -3.39. The fourth-order valence-electron chi connectivity index (χ4n) is 6.91. The highest BCUT2D eigenvalue weighted by molar-refractivity contribution is 5.92. The third kappa shape index (κ3) is 7.43. The van der Waals surface area contributed by atoms with Crippen molar-refractivity contribution in [2.24, 2.45) is 5.92 Å². The SMILES string of the molecule is CN(C(=O)N(C)[C@@H]1CN(C(=O)[C@H]2CC[C@H](N3CCOCC3)CC2)C[C@H]1c1ccc(F)cc1)c1cc(C(F)(F)F)cc(C(F)(F)F)c1. The maximum Gasteiger partial charge on any atom is 0.416 e. The van der Waals surface area contributed by atoms with Gasteiger partial charge in [-0.2, -0.15) is 26.3 Å². The number of hydrogen-bond acceptors (Lipinski definition) is 4. The van der Waals surface area contributed by atoms with E-state index in [1.54, 1.807) is 17.0 Å². The molecule has 0 aromatic heterocycles. The molecule has 0 radical (unpaired) electrons. The van der Waals surface area contributed by atoms with Crippen LogP contribution in [0.1, 0.15) is 48.3 Å². The van der Waals surface area contributed by atoms with Gasteiger partial charge in [0.05, 0.1) is 30.4 Å². The van der Waals surface area contributed by atoms with Crippen molar-refractivity contribution < 1.29 is 45.1 Å². The van der Waals surface area contributed by atoms with Gasteiger partial charge in [-0.15, -0.1) is 0 Å². The summed E-state index contributed by atoms with van der Waals surface area (Å²) in [4.78, 5) is 33.5. The summed E-state index contributed by atoms with van der Waals surface area (Å²) in [5.74, 6) is -1.21. The molecule has 14 heteroatoms. The summed E-state index contributed by atoms with van der Waals surface area (Å²) in [6, 6.07) is 5.49. The quantitative estimate of drug-likeness (QED) is 0.358. The lowest BCUT2D eigenvalue weighted by Gasteiger charge is -2.39. The van der Waals surface area contributed by atoms with E-state index in [0.717, 1.165) is 37.9 Å². The smallest absolute Gasteiger partial charge is 0.379 e. The molecule has 3 aliphatic rings. The second-order valence-corrected chi connectivity index (χ2v) is 12.3. The van der Waals surface area contributed by atoms with Crippen LogP contribution in [0.5, 0.6) is 0 Å². The first-order chi connectivity index (χ1) is 21.6. The van der Waals surface area contributed by atoms with Gasteiger partial charge >= 0.3 is 18.4 Å². The number of carbonyl (C=O) groups excluding carboxylic acids is 2. The molecule has 0 bridgehead atoms. The first-order valence-electron chi connectivity index (χ1n) is 15.3. The first-order valence-corrected chi connectivity index (χ1v) is 15.3. The number of benzene rings is 2. The molecule has 1 aliphatic carbocycles. The number of urea groups is 1. The zero-order valence-corrected chi connectivity index (χ0v) is 25.6. The Labute approximate surface area is 262 Å². The van der Waals surface area contributed by atoms with E-state index in [2.05, 4.69) is 4.90 Å². The van der Waals surface area contributed by atoms with Crippen molar-refractivity contribution in [2.45, 2.75) is 56.0 Å². The monoisotopic (exact) mass is 658 g/mol. The van der Waals surface area contributed by atoms with E-state index in [1.807, 2.05) is 0 Å². The van der Waals surface area contributed by atoms with Crippen LogP contribution in [0, 0.1) is 11.7 Å². The fraction of sp³-hybridized carbons (Fsp3) is 0.562. The van der Waals surface area contributed by atoms with Crippen molar-refractivity contribution in [3.8, 4) is 0 Å². The van der Waals surface area contributed by atoms with Gasteiger partial charge in [0.15, 0.2) is 0 Å². The minimum absolute atomic E-state index is 0.00493. The van der Waals surface area contributed by atoms with Crippen LogP contribution in [0.15, 0.2) is 42.5 Å². The van der Waals surface area contributed by atoms with Crippen LogP contribution in [0.25, 0.3) is 0 Å². The van der Waals surface area contributed by atoms with E-state index in [-0.39, 0.29) is 31.0 Å². The minimum atomic E-state index is -5.08. The van der Waals surface area contributed by atoms with Crippen LogP contribution in [0.4, 0.5) is 41.2 Å². The molecule has 0 N–H and O–H groups in total. The largest absolute Gasteiger partial charge is 0.416 e. The van der Waals surface area contributed by atoms with E-state index < -0.39 is 53.0 Å². The van der Waals surface area contributed by atoms with E-state index in [1.165, 1.54) is 24.1 Å². The maximum atomic E-state index is 13.8. The highest BCUT2D eigenvalue weighted by Gasteiger charge is 2.44. The Morgan fingerprint density at radius 3 is 1.93 bits per heavy atom. The molecule has 2 atom stereocenters. The van der Waals surface area contributed by atoms with Crippen molar-refractivity contribution in [2.75, 3.05) is 58.4 Å². The van der Waals surface area contributed by atoms with Gasteiger partial charge in [-0.05, 0) is 61.6 Å². The van der Waals surface area contributed by atoms with Crippen LogP contribution < -0.4 is 4.90 Å². The van der Waals surface area contributed by atoms with Crippen LogP contribution in [0.3, 0.4) is 0 Å². The van der Waals surface area contributed by atoms with Crippen molar-refractivity contribution in [3.05, 3.63) is 65.0 Å². The zero-order chi connectivity index (χ0) is 33.4. The number of anilines is 1. The summed E-state index contributed by atoms with van der Waals surface area (Å²) in [6.07, 6.45) is -7.00. The summed E-state index contributed by atoms with van der Waals surface area (Å²) in [5.41, 5.74) is -3.01. The number of rotatable bonds is 5. The van der Waals surface area contributed by atoms with Crippen LogP contribution in [-0.2, 0) is 21.9 Å². The minimum Gasteiger partial charge on any atom is -0.379 e. The normalized spacial score (nSPS) is 24.6. The Morgan fingerprint density at radius 1 is 0.826 bits per heavy atom. The topological polar surface area (TPSA) is 56.3 Å². The fourth-order valence-corrected chi connectivity index (χ4v) is 6.91. The lowest BCUT2D eigenvalue weighted by molar-refractivity contribution is -0.143. The van der Waals surface area contributed by atoms with Gasteiger partial charge in [-0.1, -0.05) is 12.1 Å². The Kier molecular flexibility index (Phi) is 9.88. The summed E-state index contributed by atoms with van der Waals surface area (Å²) >= 11 is 0. The third-order valence-electron chi connectivity index (χ3n) is 9.55. The second-order valence-electron chi connectivity index (χ2n) is 12.3. The molecular formula is C32H37F7N4O3. The zero-order valence-electron chi connectivity index (χ0n) is 25.6. The number of hydrogen-bond donors (Lipinski definition) is 0. The molecule has 2 aliphatic heterocycles. The first kappa shape index (κ1) is 34.0. The van der Waals surface area contributed by atoms with E-state index in [9.17, 15) is 40.3 Å². The van der Waals surface area contributed by atoms with Gasteiger partial charge in [0, 0.05) is 63.8 Å². The highest BCUT2D eigenvalue weighted by Crippen LogP contribution is 2.39. The molecule has 1 saturated carbocycles. The number of morpholine rings is 1. The van der Waals surface area contributed by atoms with Crippen molar-refractivity contribution >= 4 is 17.6 Å². The standard InChI is InChI=1S/C32H37F7N4O3/c1-40(26-16-22(31(34,35)36)15-23(17-26)32(37,38)39)30(45)41(2)28-19-43(18-27(28)20-3-7-24(33)8-4-20)29(44)21-5-9-25(10-6-21)42-11-13-46-14-12-42/h3-4,7-8,15-17,21,25,27-28H,5-6,9-14,18-19H2,1-2H3/t21-,25-,27-,28+/m0/s1. The van der Waals surface area contributed by atoms with Crippen LogP contribution in [-0.4, -0.2) is 92.2 Å². The number of alkyl halides is 6. The number of amides is 3. The predicted molar refractivity (Wildman–Crippen MR) is 156 cm³/mol. The number of carbonyl (C=O) groups is 2. The van der Waals surface area contributed by atoms with E-state index >= 15 is 0 Å². The Morgan fingerprint density at radius 2 is 1.39 bits per heavy atom. The summed E-state index contributed by atoms with van der Waals surface area (Å²) < 4.78 is 100. The molecule has 2 aromatic carbocycles. The molecule has 0 spiro atoms. The van der Waals surface area contributed by atoms with Gasteiger partial charge in [0.2, 0.25) is 5.91 Å². The van der Waals surface area contributed by atoms with Gasteiger partial charge in [0.25, 0.3) is 0 Å². The van der Waals surface area contributed by atoms with E-state index in [4.69, 9.17) is 4.74 Å². The molecule has 2 aromatic rings. The third-order valence-corrected chi connectivity index (χ3v) is 9.55. The van der Waals surface area contributed by atoms with Gasteiger partial charge < -0.3 is 14.5 Å². The average molecular weight is 659 g/mol. The van der Waals surface area contributed by atoms with Gasteiger partial charge in [-0.3, -0.25) is 14.6 Å². The predicted octanol–water partition coefficient (Wildman–Crippen LogP) is 6.24. The van der Waals surface area contributed by atoms with Crippen LogP contribution in [0.2, 0.25) is 0 Å². The van der Waals surface area contributed by atoms with E-state index in [0.29, 0.717) is 49.8 Å². The number of likely N-dealkylation sites (N-methyl/N-ethyl adjacent to an activating group) is 1. The lowest BCUT2D eigenvalue weighted by atomic mass is 9.84. The van der Waals surface area contributed by atoms with Gasteiger partial charge in [-0.25, -0.2) is 9.18 Å². The average Bonchev–Trinajstić information content (AvgIpc) is 3.48. The summed E-state index contributed by atoms with van der Waals surface area (Å²) in [7, 11) is 2.51. The number of nitrogens with zero attached hydrogens (tertiary/aromatic N) is 4. The maximum absolute atomic E-state index is 13.8. The molecule has 2 heterocycles. The lowest BCUT2D eigenvalue weighted by Crippen LogP contribution is -2.48. The van der Waals surface area contributed by atoms with Crippen molar-refractivity contribution in [1.82, 2.24) is 14.7 Å². The molecule has 3 amide bonds. The molecule has 2 saturated heterocycles. The Bertz CT molecular complexity index is 1360. The molecule has 46 heavy (non-hydrogen) atoms. The van der Waals surface area contributed by atoms with Crippen molar-refractivity contribution in [1.29, 1.82) is 0 Å².